The van der Waals surface area contributed by atoms with Crippen LogP contribution in [-0.4, -0.2) is 76.8 Å². The van der Waals surface area contributed by atoms with Gasteiger partial charge in [0, 0.05) is 43.3 Å². The molecule has 1 N–H and O–H groups in total. The van der Waals surface area contributed by atoms with E-state index in [-0.39, 0.29) is 17.6 Å². The van der Waals surface area contributed by atoms with Gasteiger partial charge < -0.3 is 14.6 Å². The Hall–Kier alpha value is -2.10. The molecule has 1 saturated heterocycles. The molecule has 1 fully saturated rings. The number of piperazine rings is 1. The molecule has 0 aliphatic carbocycles. The van der Waals surface area contributed by atoms with E-state index < -0.39 is 0 Å². The van der Waals surface area contributed by atoms with Gasteiger partial charge in [0.15, 0.2) is 0 Å². The van der Waals surface area contributed by atoms with Crippen molar-refractivity contribution in [3.05, 3.63) is 29.3 Å². The third-order valence-corrected chi connectivity index (χ3v) is 5.54. The van der Waals surface area contributed by atoms with Crippen LogP contribution in [0.25, 0.3) is 11.5 Å². The Morgan fingerprint density at radius 1 is 1.17 bits per heavy atom. The van der Waals surface area contributed by atoms with Gasteiger partial charge in [-0.2, -0.15) is 0 Å². The first-order valence-electron chi connectivity index (χ1n) is 9.54. The molecular formula is C19H24ClN5O3S. The fourth-order valence-electron chi connectivity index (χ4n) is 2.87. The molecule has 0 atom stereocenters. The van der Waals surface area contributed by atoms with Gasteiger partial charge in [0.2, 0.25) is 17.7 Å². The van der Waals surface area contributed by atoms with Gasteiger partial charge in [-0.05, 0) is 30.7 Å². The van der Waals surface area contributed by atoms with Crippen molar-refractivity contribution in [1.29, 1.82) is 0 Å². The minimum absolute atomic E-state index is 0.0244. The number of nitrogens with zero attached hydrogens (tertiary/aromatic N) is 4. The highest BCUT2D eigenvalue weighted by Gasteiger charge is 2.23. The molecular weight excluding hydrogens is 414 g/mol. The van der Waals surface area contributed by atoms with Crippen LogP contribution in [-0.2, 0) is 9.59 Å². The van der Waals surface area contributed by atoms with E-state index in [1.807, 2.05) is 11.8 Å². The number of amides is 2. The molecule has 29 heavy (non-hydrogen) atoms. The minimum atomic E-state index is 0.0244. The summed E-state index contributed by atoms with van der Waals surface area (Å²) >= 11 is 7.11. The molecule has 156 valence electrons. The maximum absolute atomic E-state index is 12.5. The zero-order chi connectivity index (χ0) is 20.6. The van der Waals surface area contributed by atoms with Crippen LogP contribution in [0.3, 0.4) is 0 Å². The van der Waals surface area contributed by atoms with Crippen LogP contribution < -0.4 is 5.32 Å². The van der Waals surface area contributed by atoms with Gasteiger partial charge in [0.25, 0.3) is 5.22 Å². The summed E-state index contributed by atoms with van der Waals surface area (Å²) in [5.74, 6) is 0.692. The number of aromatic nitrogens is 2. The molecule has 0 spiro atoms. The van der Waals surface area contributed by atoms with Crippen molar-refractivity contribution in [2.45, 2.75) is 18.6 Å². The van der Waals surface area contributed by atoms with Crippen molar-refractivity contribution in [3.63, 3.8) is 0 Å². The quantitative estimate of drug-likeness (QED) is 0.632. The van der Waals surface area contributed by atoms with Gasteiger partial charge in [-0.3, -0.25) is 14.5 Å². The summed E-state index contributed by atoms with van der Waals surface area (Å²) in [5, 5.41) is 11.9. The maximum Gasteiger partial charge on any atom is 0.277 e. The van der Waals surface area contributed by atoms with Crippen molar-refractivity contribution < 1.29 is 14.0 Å². The lowest BCUT2D eigenvalue weighted by Crippen LogP contribution is -2.51. The second-order valence-electron chi connectivity index (χ2n) is 6.68. The lowest BCUT2D eigenvalue weighted by atomic mass is 10.2. The van der Waals surface area contributed by atoms with Gasteiger partial charge in [-0.25, -0.2) is 0 Å². The van der Waals surface area contributed by atoms with Crippen LogP contribution in [0.4, 0.5) is 0 Å². The monoisotopic (exact) mass is 437 g/mol. The number of thioether (sulfide) groups is 1. The van der Waals surface area contributed by atoms with Crippen molar-refractivity contribution in [2.24, 2.45) is 0 Å². The van der Waals surface area contributed by atoms with Crippen LogP contribution in [0.2, 0.25) is 5.02 Å². The summed E-state index contributed by atoms with van der Waals surface area (Å²) in [4.78, 5) is 28.1. The zero-order valence-electron chi connectivity index (χ0n) is 16.3. The summed E-state index contributed by atoms with van der Waals surface area (Å²) in [7, 11) is 0. The predicted molar refractivity (Wildman–Crippen MR) is 112 cm³/mol. The molecule has 2 aromatic rings. The first kappa shape index (κ1) is 21.6. The topological polar surface area (TPSA) is 91.6 Å². The fraction of sp³-hybridized carbons (Fsp3) is 0.474. The normalized spacial score (nSPS) is 14.8. The molecule has 2 amide bonds. The van der Waals surface area contributed by atoms with E-state index in [1.165, 1.54) is 11.8 Å². The molecule has 0 saturated carbocycles. The van der Waals surface area contributed by atoms with Crippen molar-refractivity contribution in [2.75, 3.05) is 45.0 Å². The Morgan fingerprint density at radius 3 is 2.59 bits per heavy atom. The van der Waals surface area contributed by atoms with Crippen molar-refractivity contribution in [3.8, 4) is 11.5 Å². The van der Waals surface area contributed by atoms with Gasteiger partial charge in [0.1, 0.15) is 0 Å². The SMILES string of the molecule is CCCNC(=O)CN1CCN(C(=O)CSc2nnc(-c3ccc(Cl)cc3)o2)CC1. The van der Waals surface area contributed by atoms with E-state index in [2.05, 4.69) is 20.4 Å². The number of halogens is 1. The molecule has 1 aliphatic heterocycles. The molecule has 10 heteroatoms. The number of hydrogen-bond acceptors (Lipinski definition) is 7. The molecule has 8 nitrogen and oxygen atoms in total. The summed E-state index contributed by atoms with van der Waals surface area (Å²) in [6, 6.07) is 7.11. The number of carbonyl (C=O) groups is 2. The number of nitrogens with one attached hydrogen (secondary N) is 1. The first-order valence-corrected chi connectivity index (χ1v) is 10.9. The highest BCUT2D eigenvalue weighted by atomic mass is 35.5. The van der Waals surface area contributed by atoms with E-state index >= 15 is 0 Å². The molecule has 0 radical (unpaired) electrons. The lowest BCUT2D eigenvalue weighted by molar-refractivity contribution is -0.130. The standard InChI is InChI=1S/C19H24ClN5O3S/c1-2-7-21-16(26)12-24-8-10-25(11-9-24)17(27)13-29-19-23-22-18(28-19)14-3-5-15(20)6-4-14/h3-6H,2,7-13H2,1H3,(H,21,26). The molecule has 0 unspecified atom stereocenters. The largest absolute Gasteiger partial charge is 0.411 e. The summed E-state index contributed by atoms with van der Waals surface area (Å²) < 4.78 is 5.61. The average molecular weight is 438 g/mol. The fourth-order valence-corrected chi connectivity index (χ4v) is 3.66. The van der Waals surface area contributed by atoms with Crippen LogP contribution in [0, 0.1) is 0 Å². The zero-order valence-corrected chi connectivity index (χ0v) is 17.8. The first-order chi connectivity index (χ1) is 14.0. The third kappa shape index (κ3) is 6.45. The van der Waals surface area contributed by atoms with Crippen LogP contribution >= 0.6 is 23.4 Å². The second kappa shape index (κ2) is 10.6. The van der Waals surface area contributed by atoms with E-state index in [9.17, 15) is 9.59 Å². The summed E-state index contributed by atoms with van der Waals surface area (Å²) in [6.45, 7) is 5.71. The molecule has 1 aliphatic rings. The minimum Gasteiger partial charge on any atom is -0.411 e. The summed E-state index contributed by atoms with van der Waals surface area (Å²) in [5.41, 5.74) is 0.777. The Kier molecular flexibility index (Phi) is 7.91. The molecule has 1 aromatic carbocycles. The highest BCUT2D eigenvalue weighted by Crippen LogP contribution is 2.24. The number of carbonyl (C=O) groups excluding carboxylic acids is 2. The maximum atomic E-state index is 12.5. The molecule has 1 aromatic heterocycles. The van der Waals surface area contributed by atoms with E-state index in [4.69, 9.17) is 16.0 Å². The Labute approximate surface area is 179 Å². The smallest absolute Gasteiger partial charge is 0.277 e. The average Bonchev–Trinajstić information content (AvgIpc) is 3.20. The van der Waals surface area contributed by atoms with Gasteiger partial charge in [-0.15, -0.1) is 10.2 Å². The molecule has 3 rings (SSSR count). The van der Waals surface area contributed by atoms with Crippen molar-refractivity contribution >= 4 is 35.2 Å². The lowest BCUT2D eigenvalue weighted by Gasteiger charge is -2.34. The number of rotatable bonds is 8. The Morgan fingerprint density at radius 2 is 1.90 bits per heavy atom. The Balaban J connectivity index is 1.41. The van der Waals surface area contributed by atoms with Crippen LogP contribution in [0.15, 0.2) is 33.9 Å². The van der Waals surface area contributed by atoms with Gasteiger partial charge in [0.05, 0.1) is 12.3 Å². The predicted octanol–water partition coefficient (Wildman–Crippen LogP) is 2.15. The molecule has 2 heterocycles. The van der Waals surface area contributed by atoms with Gasteiger partial charge in [-0.1, -0.05) is 30.3 Å². The van der Waals surface area contributed by atoms with Gasteiger partial charge >= 0.3 is 0 Å². The van der Waals surface area contributed by atoms with E-state index in [0.29, 0.717) is 55.4 Å². The van der Waals surface area contributed by atoms with Crippen LogP contribution in [0.1, 0.15) is 13.3 Å². The number of hydrogen-bond donors (Lipinski definition) is 1. The van der Waals surface area contributed by atoms with E-state index in [1.54, 1.807) is 24.3 Å². The van der Waals surface area contributed by atoms with Crippen molar-refractivity contribution in [1.82, 2.24) is 25.3 Å². The van der Waals surface area contributed by atoms with E-state index in [0.717, 1.165) is 12.0 Å². The third-order valence-electron chi connectivity index (χ3n) is 4.48. The van der Waals surface area contributed by atoms with Crippen LogP contribution in [0.5, 0.6) is 0 Å². The highest BCUT2D eigenvalue weighted by molar-refractivity contribution is 7.99. The molecule has 0 bridgehead atoms. The number of benzene rings is 1. The Bertz CT molecular complexity index is 822. The second-order valence-corrected chi connectivity index (χ2v) is 8.04. The summed E-state index contributed by atoms with van der Waals surface area (Å²) in [6.07, 6.45) is 0.924.